The van der Waals surface area contributed by atoms with Crippen molar-refractivity contribution < 1.29 is 0 Å². The van der Waals surface area contributed by atoms with E-state index < -0.39 is 0 Å². The Kier molecular flexibility index (Phi) is 3.62. The molecular weight excluding hydrogens is 258 g/mol. The van der Waals surface area contributed by atoms with E-state index in [9.17, 15) is 0 Å². The quantitative estimate of drug-likeness (QED) is 0.914. The number of nitrogens with zero attached hydrogens (tertiary/aromatic N) is 2. The third-order valence-corrected chi connectivity index (χ3v) is 4.32. The highest BCUT2D eigenvalue weighted by Gasteiger charge is 2.19. The molecule has 0 fully saturated rings. The van der Waals surface area contributed by atoms with Gasteiger partial charge < -0.3 is 5.73 Å². The summed E-state index contributed by atoms with van der Waals surface area (Å²) in [5, 5.41) is 4.81. The topological polar surface area (TPSA) is 43.8 Å². The molecule has 3 rings (SSSR count). The van der Waals surface area contributed by atoms with Gasteiger partial charge in [0, 0.05) is 23.9 Å². The molecule has 0 amide bonds. The first-order chi connectivity index (χ1) is 9.99. The summed E-state index contributed by atoms with van der Waals surface area (Å²) in [5.74, 6) is 0. The van der Waals surface area contributed by atoms with Gasteiger partial charge in [-0.15, -0.1) is 0 Å². The first kappa shape index (κ1) is 14.3. The summed E-state index contributed by atoms with van der Waals surface area (Å²) in [6, 6.07) is 6.81. The Bertz CT molecular complexity index is 647. The van der Waals surface area contributed by atoms with Gasteiger partial charge >= 0.3 is 0 Å². The summed E-state index contributed by atoms with van der Waals surface area (Å²) < 4.78 is 2.03. The van der Waals surface area contributed by atoms with Crippen LogP contribution >= 0.6 is 0 Å². The molecule has 21 heavy (non-hydrogen) atoms. The van der Waals surface area contributed by atoms with E-state index in [1.165, 1.54) is 42.4 Å². The molecule has 2 N–H and O–H groups in total. The lowest BCUT2D eigenvalue weighted by atomic mass is 9.89. The minimum absolute atomic E-state index is 0.0175. The number of aryl methyl sites for hydroxylation is 2. The van der Waals surface area contributed by atoms with Gasteiger partial charge in [0.15, 0.2) is 0 Å². The fourth-order valence-corrected chi connectivity index (χ4v) is 3.03. The minimum atomic E-state index is -0.0175. The van der Waals surface area contributed by atoms with Crippen LogP contribution in [0.1, 0.15) is 50.3 Å². The van der Waals surface area contributed by atoms with E-state index in [0.717, 1.165) is 11.3 Å². The van der Waals surface area contributed by atoms with E-state index in [1.54, 1.807) is 0 Å². The molecule has 3 nitrogen and oxygen atoms in total. The van der Waals surface area contributed by atoms with Crippen molar-refractivity contribution in [3.8, 4) is 11.3 Å². The Hall–Kier alpha value is -1.61. The summed E-state index contributed by atoms with van der Waals surface area (Å²) in [7, 11) is 0. The Balaban J connectivity index is 2.05. The summed E-state index contributed by atoms with van der Waals surface area (Å²) in [6.45, 7) is 7.02. The zero-order chi connectivity index (χ0) is 15.0. The van der Waals surface area contributed by atoms with Gasteiger partial charge in [0.1, 0.15) is 0 Å². The van der Waals surface area contributed by atoms with Crippen molar-refractivity contribution in [1.82, 2.24) is 9.78 Å². The van der Waals surface area contributed by atoms with Crippen LogP contribution < -0.4 is 5.73 Å². The molecular formula is C18H25N3. The standard InChI is InChI=1S/C18H25N3/c1-18(2,3)21-12-16(11-19)17(20-21)15-9-8-13-6-4-5-7-14(13)10-15/h8-10,12H,4-7,11,19H2,1-3H3. The lowest BCUT2D eigenvalue weighted by molar-refractivity contribution is 0.356. The van der Waals surface area contributed by atoms with Crippen LogP contribution in [0.2, 0.25) is 0 Å². The summed E-state index contributed by atoms with van der Waals surface area (Å²) >= 11 is 0. The highest BCUT2D eigenvalue weighted by Crippen LogP contribution is 2.29. The number of rotatable bonds is 2. The van der Waals surface area contributed by atoms with E-state index in [4.69, 9.17) is 10.8 Å². The van der Waals surface area contributed by atoms with Crippen molar-refractivity contribution in [3.63, 3.8) is 0 Å². The Labute approximate surface area is 127 Å². The summed E-state index contributed by atoms with van der Waals surface area (Å²) in [5.41, 5.74) is 12.3. The number of hydrogen-bond acceptors (Lipinski definition) is 2. The Morgan fingerprint density at radius 2 is 1.86 bits per heavy atom. The average molecular weight is 283 g/mol. The molecule has 1 aliphatic carbocycles. The SMILES string of the molecule is CC(C)(C)n1cc(CN)c(-c2ccc3c(c2)CCCC3)n1. The van der Waals surface area contributed by atoms with Crippen LogP contribution in [-0.4, -0.2) is 9.78 Å². The molecule has 1 aliphatic rings. The molecule has 112 valence electrons. The highest BCUT2D eigenvalue weighted by atomic mass is 15.3. The molecule has 0 bridgehead atoms. The van der Waals surface area contributed by atoms with E-state index in [-0.39, 0.29) is 5.54 Å². The van der Waals surface area contributed by atoms with E-state index in [2.05, 4.69) is 45.2 Å². The normalized spacial score (nSPS) is 15.0. The molecule has 1 heterocycles. The van der Waals surface area contributed by atoms with Gasteiger partial charge in [-0.3, -0.25) is 4.68 Å². The van der Waals surface area contributed by atoms with Gasteiger partial charge in [-0.1, -0.05) is 12.1 Å². The molecule has 0 saturated carbocycles. The number of nitrogens with two attached hydrogens (primary N) is 1. The molecule has 0 saturated heterocycles. The van der Waals surface area contributed by atoms with Gasteiger partial charge in [-0.25, -0.2) is 0 Å². The Morgan fingerprint density at radius 1 is 1.14 bits per heavy atom. The largest absolute Gasteiger partial charge is 0.326 e. The molecule has 0 radical (unpaired) electrons. The second kappa shape index (κ2) is 5.30. The van der Waals surface area contributed by atoms with Crippen molar-refractivity contribution in [3.05, 3.63) is 41.1 Å². The first-order valence-corrected chi connectivity index (χ1v) is 7.90. The van der Waals surface area contributed by atoms with Crippen LogP contribution in [0.5, 0.6) is 0 Å². The molecule has 3 heteroatoms. The maximum absolute atomic E-state index is 5.93. The molecule has 0 aliphatic heterocycles. The predicted molar refractivity (Wildman–Crippen MR) is 87.2 cm³/mol. The maximum atomic E-state index is 5.93. The third-order valence-electron chi connectivity index (χ3n) is 4.32. The van der Waals surface area contributed by atoms with Gasteiger partial charge in [-0.05, 0) is 63.6 Å². The first-order valence-electron chi connectivity index (χ1n) is 7.90. The van der Waals surface area contributed by atoms with Crippen molar-refractivity contribution in [1.29, 1.82) is 0 Å². The molecule has 0 atom stereocenters. The fourth-order valence-electron chi connectivity index (χ4n) is 3.03. The predicted octanol–water partition coefficient (Wildman–Crippen LogP) is 3.64. The number of fused-ring (bicyclic) bond motifs is 1. The summed E-state index contributed by atoms with van der Waals surface area (Å²) in [4.78, 5) is 0. The van der Waals surface area contributed by atoms with Crippen LogP contribution in [0.4, 0.5) is 0 Å². The molecule has 2 aromatic rings. The van der Waals surface area contributed by atoms with E-state index in [1.807, 2.05) is 4.68 Å². The van der Waals surface area contributed by atoms with E-state index >= 15 is 0 Å². The zero-order valence-corrected chi connectivity index (χ0v) is 13.3. The lowest BCUT2D eigenvalue weighted by Crippen LogP contribution is -2.22. The second-order valence-electron chi connectivity index (χ2n) is 7.01. The number of aromatic nitrogens is 2. The highest BCUT2D eigenvalue weighted by molar-refractivity contribution is 5.64. The van der Waals surface area contributed by atoms with Crippen LogP contribution in [-0.2, 0) is 24.9 Å². The number of benzene rings is 1. The van der Waals surface area contributed by atoms with Crippen LogP contribution in [0.3, 0.4) is 0 Å². The van der Waals surface area contributed by atoms with Crippen molar-refractivity contribution in [2.45, 2.75) is 58.5 Å². The third kappa shape index (κ3) is 2.75. The average Bonchev–Trinajstić information content (AvgIpc) is 2.91. The van der Waals surface area contributed by atoms with Crippen molar-refractivity contribution in [2.24, 2.45) is 5.73 Å². The number of hydrogen-bond donors (Lipinski definition) is 1. The zero-order valence-electron chi connectivity index (χ0n) is 13.3. The van der Waals surface area contributed by atoms with E-state index in [0.29, 0.717) is 6.54 Å². The Morgan fingerprint density at radius 3 is 2.52 bits per heavy atom. The summed E-state index contributed by atoms with van der Waals surface area (Å²) in [6.07, 6.45) is 7.13. The monoisotopic (exact) mass is 283 g/mol. The molecule has 1 aromatic heterocycles. The van der Waals surface area contributed by atoms with Gasteiger partial charge in [0.25, 0.3) is 0 Å². The van der Waals surface area contributed by atoms with Gasteiger partial charge in [-0.2, -0.15) is 5.10 Å². The molecule has 1 aromatic carbocycles. The van der Waals surface area contributed by atoms with Crippen molar-refractivity contribution >= 4 is 0 Å². The second-order valence-corrected chi connectivity index (χ2v) is 7.01. The van der Waals surface area contributed by atoms with Crippen LogP contribution in [0.25, 0.3) is 11.3 Å². The molecule has 0 unspecified atom stereocenters. The van der Waals surface area contributed by atoms with Crippen LogP contribution in [0.15, 0.2) is 24.4 Å². The molecule has 0 spiro atoms. The minimum Gasteiger partial charge on any atom is -0.326 e. The van der Waals surface area contributed by atoms with Gasteiger partial charge in [0.05, 0.1) is 11.2 Å². The van der Waals surface area contributed by atoms with Crippen molar-refractivity contribution in [2.75, 3.05) is 0 Å². The lowest BCUT2D eigenvalue weighted by Gasteiger charge is -2.19. The van der Waals surface area contributed by atoms with Crippen LogP contribution in [0, 0.1) is 0 Å². The smallest absolute Gasteiger partial charge is 0.0968 e. The van der Waals surface area contributed by atoms with Gasteiger partial charge in [0.2, 0.25) is 0 Å². The fraction of sp³-hybridized carbons (Fsp3) is 0.500. The maximum Gasteiger partial charge on any atom is 0.0968 e.